The Morgan fingerprint density at radius 2 is 1.82 bits per heavy atom. The Morgan fingerprint density at radius 3 is 2.41 bits per heavy atom. The summed E-state index contributed by atoms with van der Waals surface area (Å²) in [6.07, 6.45) is 2.71. The van der Waals surface area contributed by atoms with Gasteiger partial charge in [-0.15, -0.1) is 0 Å². The van der Waals surface area contributed by atoms with Crippen LogP contribution < -0.4 is 10.2 Å². The average molecular weight is 306 g/mol. The first-order valence-corrected chi connectivity index (χ1v) is 7.80. The zero-order valence-electron chi connectivity index (χ0n) is 14.5. The Labute approximate surface area is 134 Å². The summed E-state index contributed by atoms with van der Waals surface area (Å²) in [4.78, 5) is 6.39. The predicted molar refractivity (Wildman–Crippen MR) is 88.6 cm³/mol. The molecule has 1 fully saturated rings. The van der Waals surface area contributed by atoms with Crippen molar-refractivity contribution in [3.63, 3.8) is 0 Å². The lowest BCUT2D eigenvalue weighted by molar-refractivity contribution is 0.00578. The van der Waals surface area contributed by atoms with Crippen LogP contribution in [0, 0.1) is 0 Å². The standard InChI is InChI=1S/C16H27BN2O3/c1-15(2)16(3,4)22-17(21-15)13-8-9-18-14(12-13)20-11-7-10-19(5)6/h8-9,12H,7,10-11H2,1-6H3. The number of hydrogen-bond acceptors (Lipinski definition) is 5. The van der Waals surface area contributed by atoms with Gasteiger partial charge in [0.05, 0.1) is 17.8 Å². The van der Waals surface area contributed by atoms with Crippen LogP contribution in [0.2, 0.25) is 0 Å². The third-order valence-corrected chi connectivity index (χ3v) is 4.28. The van der Waals surface area contributed by atoms with Crippen LogP contribution in [-0.2, 0) is 9.31 Å². The van der Waals surface area contributed by atoms with Crippen molar-refractivity contribution >= 4 is 12.6 Å². The molecular formula is C16H27BN2O3. The number of nitrogens with zero attached hydrogens (tertiary/aromatic N) is 2. The molecule has 0 unspecified atom stereocenters. The van der Waals surface area contributed by atoms with Crippen LogP contribution in [0.15, 0.2) is 18.3 Å². The van der Waals surface area contributed by atoms with Crippen LogP contribution in [0.3, 0.4) is 0 Å². The largest absolute Gasteiger partial charge is 0.495 e. The molecule has 0 radical (unpaired) electrons. The minimum Gasteiger partial charge on any atom is -0.478 e. The molecule has 0 aliphatic carbocycles. The van der Waals surface area contributed by atoms with E-state index in [2.05, 4.69) is 24.0 Å². The third-order valence-electron chi connectivity index (χ3n) is 4.28. The molecule has 1 aromatic rings. The van der Waals surface area contributed by atoms with Gasteiger partial charge in [0.1, 0.15) is 0 Å². The fraction of sp³-hybridized carbons (Fsp3) is 0.688. The van der Waals surface area contributed by atoms with Crippen molar-refractivity contribution in [2.24, 2.45) is 0 Å². The molecule has 6 heteroatoms. The van der Waals surface area contributed by atoms with Crippen LogP contribution in [0.1, 0.15) is 34.1 Å². The monoisotopic (exact) mass is 306 g/mol. The molecule has 122 valence electrons. The van der Waals surface area contributed by atoms with E-state index in [-0.39, 0.29) is 18.3 Å². The van der Waals surface area contributed by atoms with E-state index in [1.807, 2.05) is 39.8 Å². The van der Waals surface area contributed by atoms with Crippen LogP contribution >= 0.6 is 0 Å². The highest BCUT2D eigenvalue weighted by Gasteiger charge is 2.51. The van der Waals surface area contributed by atoms with Crippen LogP contribution in [0.4, 0.5) is 0 Å². The Bertz CT molecular complexity index is 490. The number of aromatic nitrogens is 1. The van der Waals surface area contributed by atoms with E-state index < -0.39 is 0 Å². The molecule has 0 amide bonds. The van der Waals surface area contributed by atoms with E-state index in [1.54, 1.807) is 6.20 Å². The molecule has 22 heavy (non-hydrogen) atoms. The Kier molecular flexibility index (Phi) is 5.15. The maximum atomic E-state index is 6.05. The van der Waals surface area contributed by atoms with Gasteiger partial charge in [-0.3, -0.25) is 0 Å². The van der Waals surface area contributed by atoms with Crippen molar-refractivity contribution in [1.82, 2.24) is 9.88 Å². The minimum absolute atomic E-state index is 0.340. The molecule has 0 spiro atoms. The zero-order chi connectivity index (χ0) is 16.4. The van der Waals surface area contributed by atoms with Gasteiger partial charge < -0.3 is 18.9 Å². The summed E-state index contributed by atoms with van der Waals surface area (Å²) in [5, 5.41) is 0. The first kappa shape index (κ1) is 17.3. The molecule has 1 saturated heterocycles. The Morgan fingerprint density at radius 1 is 1.18 bits per heavy atom. The lowest BCUT2D eigenvalue weighted by Gasteiger charge is -2.32. The fourth-order valence-corrected chi connectivity index (χ4v) is 2.19. The molecule has 0 N–H and O–H groups in total. The smallest absolute Gasteiger partial charge is 0.478 e. The third kappa shape index (κ3) is 4.00. The SMILES string of the molecule is CN(C)CCCOc1cc(B2OC(C)(C)C(C)(C)O2)ccn1. The van der Waals surface area contributed by atoms with Gasteiger partial charge in [-0.05, 0) is 59.7 Å². The second-order valence-electron chi connectivity index (χ2n) is 7.02. The van der Waals surface area contributed by atoms with Crippen molar-refractivity contribution in [2.45, 2.75) is 45.3 Å². The summed E-state index contributed by atoms with van der Waals surface area (Å²) in [5.74, 6) is 0.617. The van der Waals surface area contributed by atoms with Gasteiger partial charge in [0, 0.05) is 18.8 Å². The number of pyridine rings is 1. The van der Waals surface area contributed by atoms with Gasteiger partial charge in [-0.2, -0.15) is 0 Å². The van der Waals surface area contributed by atoms with E-state index in [9.17, 15) is 0 Å². The number of ether oxygens (including phenoxy) is 1. The van der Waals surface area contributed by atoms with Gasteiger partial charge >= 0.3 is 7.12 Å². The van der Waals surface area contributed by atoms with E-state index in [0.29, 0.717) is 12.5 Å². The van der Waals surface area contributed by atoms with Gasteiger partial charge in [0.2, 0.25) is 5.88 Å². The summed E-state index contributed by atoms with van der Waals surface area (Å²) in [6, 6.07) is 3.81. The first-order chi connectivity index (χ1) is 10.2. The molecule has 0 saturated carbocycles. The van der Waals surface area contributed by atoms with E-state index in [1.165, 1.54) is 0 Å². The van der Waals surface area contributed by atoms with Crippen LogP contribution in [-0.4, -0.2) is 55.5 Å². The fourth-order valence-electron chi connectivity index (χ4n) is 2.19. The van der Waals surface area contributed by atoms with Gasteiger partial charge in [-0.25, -0.2) is 4.98 Å². The van der Waals surface area contributed by atoms with Crippen molar-refractivity contribution in [3.05, 3.63) is 18.3 Å². The molecule has 1 aromatic heterocycles. The van der Waals surface area contributed by atoms with E-state index in [0.717, 1.165) is 18.4 Å². The molecule has 5 nitrogen and oxygen atoms in total. The van der Waals surface area contributed by atoms with Crippen molar-refractivity contribution in [1.29, 1.82) is 0 Å². The topological polar surface area (TPSA) is 43.8 Å². The molecule has 1 aliphatic heterocycles. The first-order valence-electron chi connectivity index (χ1n) is 7.80. The van der Waals surface area contributed by atoms with Crippen molar-refractivity contribution in [3.8, 4) is 5.88 Å². The van der Waals surface area contributed by atoms with Crippen LogP contribution in [0.25, 0.3) is 0 Å². The van der Waals surface area contributed by atoms with Crippen molar-refractivity contribution in [2.75, 3.05) is 27.2 Å². The van der Waals surface area contributed by atoms with Gasteiger partial charge in [-0.1, -0.05) is 0 Å². The molecule has 2 heterocycles. The van der Waals surface area contributed by atoms with Gasteiger partial charge in [0.25, 0.3) is 0 Å². The molecule has 2 rings (SSSR count). The van der Waals surface area contributed by atoms with Crippen molar-refractivity contribution < 1.29 is 14.0 Å². The highest BCUT2D eigenvalue weighted by Crippen LogP contribution is 2.36. The summed E-state index contributed by atoms with van der Waals surface area (Å²) >= 11 is 0. The quantitative estimate of drug-likeness (QED) is 0.591. The minimum atomic E-state index is -0.378. The number of hydrogen-bond donors (Lipinski definition) is 0. The summed E-state index contributed by atoms with van der Waals surface area (Å²) < 4.78 is 17.8. The second-order valence-corrected chi connectivity index (χ2v) is 7.02. The highest BCUT2D eigenvalue weighted by atomic mass is 16.7. The zero-order valence-corrected chi connectivity index (χ0v) is 14.5. The Balaban J connectivity index is 1.98. The molecule has 0 bridgehead atoms. The normalized spacial score (nSPS) is 19.7. The molecule has 1 aliphatic rings. The lowest BCUT2D eigenvalue weighted by Crippen LogP contribution is -2.41. The average Bonchev–Trinajstić information content (AvgIpc) is 2.64. The molecule has 0 atom stereocenters. The predicted octanol–water partition coefficient (Wildman–Crippen LogP) is 1.71. The maximum absolute atomic E-state index is 6.05. The summed E-state index contributed by atoms with van der Waals surface area (Å²) in [7, 11) is 3.73. The number of rotatable bonds is 6. The molecular weight excluding hydrogens is 279 g/mol. The lowest BCUT2D eigenvalue weighted by atomic mass is 9.80. The summed E-state index contributed by atoms with van der Waals surface area (Å²) in [5.41, 5.74) is 0.262. The van der Waals surface area contributed by atoms with Gasteiger partial charge in [0.15, 0.2) is 0 Å². The maximum Gasteiger partial charge on any atom is 0.495 e. The molecule has 0 aromatic carbocycles. The van der Waals surface area contributed by atoms with Crippen LogP contribution in [0.5, 0.6) is 5.88 Å². The van der Waals surface area contributed by atoms with E-state index >= 15 is 0 Å². The highest BCUT2D eigenvalue weighted by molar-refractivity contribution is 6.62. The summed E-state index contributed by atoms with van der Waals surface area (Å²) in [6.45, 7) is 9.84. The van der Waals surface area contributed by atoms with E-state index in [4.69, 9.17) is 14.0 Å². The second kappa shape index (κ2) is 6.56. The Hall–Kier alpha value is -1.11.